The molecule has 1 saturated heterocycles. The van der Waals surface area contributed by atoms with Gasteiger partial charge in [-0.15, -0.1) is 0 Å². The topological polar surface area (TPSA) is 29.9 Å². The first-order chi connectivity index (χ1) is 9.15. The summed E-state index contributed by atoms with van der Waals surface area (Å²) in [5, 5.41) is 1.08. The van der Waals surface area contributed by atoms with E-state index in [2.05, 4.69) is 4.98 Å². The molecule has 0 bridgehead atoms. The Morgan fingerprint density at radius 1 is 1.32 bits per heavy atom. The van der Waals surface area contributed by atoms with Gasteiger partial charge < -0.3 is 14.3 Å². The Bertz CT molecular complexity index is 658. The highest BCUT2D eigenvalue weighted by Gasteiger charge is 2.17. The van der Waals surface area contributed by atoms with E-state index in [4.69, 9.17) is 40.2 Å². The van der Waals surface area contributed by atoms with Crippen molar-refractivity contribution in [2.75, 3.05) is 6.61 Å². The second-order valence-electron chi connectivity index (χ2n) is 4.81. The Kier molecular flexibility index (Phi) is 3.85. The number of ether oxygens (including phenoxy) is 1. The summed E-state index contributed by atoms with van der Waals surface area (Å²) in [5.41, 5.74) is 1.89. The number of nitrogens with zero attached hydrogens (tertiary/aromatic N) is 1. The van der Waals surface area contributed by atoms with Gasteiger partial charge in [0.25, 0.3) is 0 Å². The van der Waals surface area contributed by atoms with Crippen LogP contribution >= 0.6 is 35.4 Å². The van der Waals surface area contributed by atoms with Crippen molar-refractivity contribution in [1.29, 1.82) is 0 Å². The van der Waals surface area contributed by atoms with Gasteiger partial charge in [-0.25, -0.2) is 0 Å². The molecule has 1 aromatic carbocycles. The van der Waals surface area contributed by atoms with E-state index < -0.39 is 0 Å². The molecule has 1 unspecified atom stereocenters. The maximum Gasteiger partial charge on any atom is 0.178 e. The minimum absolute atomic E-state index is 0.230. The molecule has 3 nitrogen and oxygen atoms in total. The van der Waals surface area contributed by atoms with E-state index in [1.807, 2.05) is 16.7 Å². The number of nitrogens with one attached hydrogen (secondary N) is 1. The fourth-order valence-electron chi connectivity index (χ4n) is 2.49. The Morgan fingerprint density at radius 3 is 2.84 bits per heavy atom. The van der Waals surface area contributed by atoms with Crippen molar-refractivity contribution >= 4 is 46.5 Å². The number of aromatic amines is 1. The first-order valence-electron chi connectivity index (χ1n) is 6.34. The minimum atomic E-state index is 0.230. The third-order valence-electron chi connectivity index (χ3n) is 3.48. The van der Waals surface area contributed by atoms with E-state index in [1.165, 1.54) is 6.42 Å². The second-order valence-corrected chi connectivity index (χ2v) is 6.01. The highest BCUT2D eigenvalue weighted by atomic mass is 35.5. The molecule has 1 fully saturated rings. The average Bonchev–Trinajstić information content (AvgIpc) is 2.68. The van der Waals surface area contributed by atoms with Crippen molar-refractivity contribution in [3.8, 4) is 0 Å². The molecule has 0 amide bonds. The van der Waals surface area contributed by atoms with Crippen LogP contribution in [-0.4, -0.2) is 22.3 Å². The van der Waals surface area contributed by atoms with Crippen LogP contribution in [0.15, 0.2) is 12.1 Å². The number of aromatic nitrogens is 2. The van der Waals surface area contributed by atoms with Gasteiger partial charge >= 0.3 is 0 Å². The van der Waals surface area contributed by atoms with Crippen LogP contribution in [0.4, 0.5) is 0 Å². The molecule has 1 aliphatic rings. The lowest BCUT2D eigenvalue weighted by Crippen LogP contribution is -2.24. The minimum Gasteiger partial charge on any atom is -0.376 e. The first-order valence-corrected chi connectivity index (χ1v) is 7.51. The van der Waals surface area contributed by atoms with Crippen molar-refractivity contribution in [3.63, 3.8) is 0 Å². The molecule has 1 aliphatic heterocycles. The van der Waals surface area contributed by atoms with E-state index in [1.54, 1.807) is 0 Å². The second kappa shape index (κ2) is 5.44. The van der Waals surface area contributed by atoms with Crippen LogP contribution < -0.4 is 0 Å². The van der Waals surface area contributed by atoms with Crippen molar-refractivity contribution < 1.29 is 4.74 Å². The van der Waals surface area contributed by atoms with E-state index in [0.29, 0.717) is 14.8 Å². The highest BCUT2D eigenvalue weighted by Crippen LogP contribution is 2.28. The summed E-state index contributed by atoms with van der Waals surface area (Å²) < 4.78 is 8.50. The monoisotopic (exact) mass is 316 g/mol. The summed E-state index contributed by atoms with van der Waals surface area (Å²) in [6, 6.07) is 3.67. The molecule has 3 rings (SSSR count). The first kappa shape index (κ1) is 13.4. The number of halogens is 2. The molecular weight excluding hydrogens is 303 g/mol. The largest absolute Gasteiger partial charge is 0.376 e. The lowest BCUT2D eigenvalue weighted by Gasteiger charge is -2.23. The normalized spacial score (nSPS) is 20.0. The molecule has 2 heterocycles. The Morgan fingerprint density at radius 2 is 2.11 bits per heavy atom. The van der Waals surface area contributed by atoms with Crippen LogP contribution in [0.5, 0.6) is 0 Å². The van der Waals surface area contributed by atoms with E-state index >= 15 is 0 Å². The zero-order chi connectivity index (χ0) is 13.4. The highest BCUT2D eigenvalue weighted by molar-refractivity contribution is 7.71. The molecule has 1 N–H and O–H groups in total. The molecule has 102 valence electrons. The number of fused-ring (bicyclic) bond motifs is 1. The smallest absolute Gasteiger partial charge is 0.178 e. The summed E-state index contributed by atoms with van der Waals surface area (Å²) in [4.78, 5) is 3.16. The summed E-state index contributed by atoms with van der Waals surface area (Å²) in [7, 11) is 0. The number of hydrogen-bond donors (Lipinski definition) is 1. The summed E-state index contributed by atoms with van der Waals surface area (Å²) in [6.07, 6.45) is 3.67. The SMILES string of the molecule is S=c1[nH]c2cc(Cl)c(Cl)cc2n1CC1CCCCO1. The number of rotatable bonds is 2. The van der Waals surface area contributed by atoms with E-state index in [9.17, 15) is 0 Å². The van der Waals surface area contributed by atoms with Gasteiger partial charge in [-0.1, -0.05) is 23.2 Å². The third-order valence-corrected chi connectivity index (χ3v) is 4.52. The van der Waals surface area contributed by atoms with Crippen molar-refractivity contribution in [1.82, 2.24) is 9.55 Å². The number of imidazole rings is 1. The summed E-state index contributed by atoms with van der Waals surface area (Å²) in [5.74, 6) is 0. The van der Waals surface area contributed by atoms with Gasteiger partial charge in [-0.05, 0) is 43.6 Å². The molecule has 0 aliphatic carbocycles. The van der Waals surface area contributed by atoms with Crippen LogP contribution in [0, 0.1) is 4.77 Å². The Balaban J connectivity index is 2.00. The van der Waals surface area contributed by atoms with Crippen LogP contribution in [0.25, 0.3) is 11.0 Å². The number of hydrogen-bond acceptors (Lipinski definition) is 2. The van der Waals surface area contributed by atoms with E-state index in [-0.39, 0.29) is 6.10 Å². The van der Waals surface area contributed by atoms with Crippen molar-refractivity contribution in [2.24, 2.45) is 0 Å². The average molecular weight is 317 g/mol. The zero-order valence-corrected chi connectivity index (χ0v) is 12.6. The Hall–Kier alpha value is -0.550. The summed E-state index contributed by atoms with van der Waals surface area (Å²) in [6.45, 7) is 1.60. The van der Waals surface area contributed by atoms with Crippen LogP contribution in [0.2, 0.25) is 10.0 Å². The van der Waals surface area contributed by atoms with Gasteiger partial charge in [-0.3, -0.25) is 0 Å². The fourth-order valence-corrected chi connectivity index (χ4v) is 3.09. The maximum atomic E-state index is 6.09. The number of benzene rings is 1. The lowest BCUT2D eigenvalue weighted by molar-refractivity contribution is 0.00641. The molecule has 1 aromatic heterocycles. The fraction of sp³-hybridized carbons (Fsp3) is 0.462. The molecular formula is C13H14Cl2N2OS. The van der Waals surface area contributed by atoms with Crippen LogP contribution in [-0.2, 0) is 11.3 Å². The summed E-state index contributed by atoms with van der Waals surface area (Å²) >= 11 is 17.5. The molecule has 0 radical (unpaired) electrons. The standard InChI is InChI=1S/C13H14Cl2N2OS/c14-9-5-11-12(6-10(9)15)17(13(19)16-11)7-8-3-1-2-4-18-8/h5-6,8H,1-4,7H2,(H,16,19). The van der Waals surface area contributed by atoms with Gasteiger partial charge in [0.2, 0.25) is 0 Å². The molecule has 6 heteroatoms. The Labute approximate surface area is 126 Å². The third kappa shape index (κ3) is 2.68. The lowest BCUT2D eigenvalue weighted by atomic mass is 10.1. The molecule has 19 heavy (non-hydrogen) atoms. The van der Waals surface area contributed by atoms with Crippen LogP contribution in [0.1, 0.15) is 19.3 Å². The maximum absolute atomic E-state index is 6.09. The van der Waals surface area contributed by atoms with Gasteiger partial charge in [-0.2, -0.15) is 0 Å². The van der Waals surface area contributed by atoms with Gasteiger partial charge in [0.05, 0.1) is 33.7 Å². The van der Waals surface area contributed by atoms with Crippen molar-refractivity contribution in [2.45, 2.75) is 31.9 Å². The van der Waals surface area contributed by atoms with Gasteiger partial charge in [0.1, 0.15) is 0 Å². The number of H-pyrrole nitrogens is 1. The predicted octanol–water partition coefficient (Wildman–Crippen LogP) is 4.57. The van der Waals surface area contributed by atoms with Gasteiger partial charge in [0.15, 0.2) is 4.77 Å². The molecule has 0 saturated carbocycles. The molecule has 1 atom stereocenters. The van der Waals surface area contributed by atoms with E-state index in [0.717, 1.165) is 37.0 Å². The molecule has 2 aromatic rings. The van der Waals surface area contributed by atoms with Crippen LogP contribution in [0.3, 0.4) is 0 Å². The quantitative estimate of drug-likeness (QED) is 0.822. The van der Waals surface area contributed by atoms with Crippen molar-refractivity contribution in [3.05, 3.63) is 26.9 Å². The predicted molar refractivity (Wildman–Crippen MR) is 80.7 cm³/mol. The zero-order valence-electron chi connectivity index (χ0n) is 10.3. The molecule has 0 spiro atoms. The van der Waals surface area contributed by atoms with Gasteiger partial charge in [0, 0.05) is 6.61 Å².